The normalized spacial score (nSPS) is 22.8. The third-order valence-corrected chi connectivity index (χ3v) is 13.2. The van der Waals surface area contributed by atoms with Crippen LogP contribution in [0.3, 0.4) is 0 Å². The summed E-state index contributed by atoms with van der Waals surface area (Å²) in [7, 11) is -4.67. The summed E-state index contributed by atoms with van der Waals surface area (Å²) in [5.41, 5.74) is 29.3. The van der Waals surface area contributed by atoms with Gasteiger partial charge in [0, 0.05) is 19.5 Å². The summed E-state index contributed by atoms with van der Waals surface area (Å²) in [4.78, 5) is 139. The Kier molecular flexibility index (Phi) is 39.3. The van der Waals surface area contributed by atoms with Crippen molar-refractivity contribution >= 4 is 69.5 Å². The van der Waals surface area contributed by atoms with Crippen molar-refractivity contribution in [3.05, 3.63) is 0 Å². The van der Waals surface area contributed by atoms with Crippen LogP contribution >= 0.6 is 0 Å². The van der Waals surface area contributed by atoms with Gasteiger partial charge in [0.05, 0.1) is 24.3 Å². The Hall–Kier alpha value is -5.75. The second-order valence-corrected chi connectivity index (χ2v) is 23.2. The molecule has 1 aliphatic heterocycles. The van der Waals surface area contributed by atoms with E-state index in [0.29, 0.717) is 12.3 Å². The van der Waals surface area contributed by atoms with Crippen LogP contribution in [0.5, 0.6) is 0 Å². The van der Waals surface area contributed by atoms with Crippen LogP contribution in [0.4, 0.5) is 0 Å². The van der Waals surface area contributed by atoms with E-state index in [1.165, 1.54) is 13.8 Å². The number of aliphatic hydroxyl groups excluding tert-OH is 2. The van der Waals surface area contributed by atoms with Gasteiger partial charge in [0.2, 0.25) is 59.1 Å². The van der Waals surface area contributed by atoms with E-state index in [1.54, 1.807) is 27.7 Å². The second-order valence-electron chi connectivity index (χ2n) is 22.3. The third kappa shape index (κ3) is 34.3. The maximum Gasteiger partial charge on any atom is 0.394 e. The van der Waals surface area contributed by atoms with E-state index < -0.39 is 136 Å². The van der Waals surface area contributed by atoms with E-state index in [2.05, 4.69) is 72.3 Å². The lowest BCUT2D eigenvalue weighted by molar-refractivity contribution is -0.136. The van der Waals surface area contributed by atoms with Crippen LogP contribution in [0.25, 0.3) is 0 Å². The smallest absolute Gasteiger partial charge is 0.391 e. The molecule has 1 fully saturated rings. The molecule has 33 heteroatoms. The van der Waals surface area contributed by atoms with Crippen LogP contribution in [0.15, 0.2) is 0 Å². The Morgan fingerprint density at radius 1 is 0.541 bits per heavy atom. The molecule has 1 aliphatic rings. The molecule has 0 aromatic heterocycles. The first kappa shape index (κ1) is 79.2. The van der Waals surface area contributed by atoms with Gasteiger partial charge in [-0.2, -0.15) is 8.42 Å². The van der Waals surface area contributed by atoms with Crippen molar-refractivity contribution in [3.8, 4) is 0 Å². The average molecular weight is 1240 g/mol. The minimum absolute atomic E-state index is 0.0354. The average Bonchev–Trinajstić information content (AvgIpc) is 3.59. The predicted molar refractivity (Wildman–Crippen MR) is 315 cm³/mol. The molecule has 1 saturated heterocycles. The zero-order chi connectivity index (χ0) is 65.1. The molecule has 25 N–H and O–H groups in total. The fraction of sp³-hybridized carbons (Fsp3) is 0.808. The number of carbonyl (C=O) groups is 10. The lowest BCUT2D eigenvalue weighted by Crippen LogP contribution is -2.61. The Bertz CT molecular complexity index is 2210. The van der Waals surface area contributed by atoms with Gasteiger partial charge in [-0.15, -0.1) is 0 Å². The second kappa shape index (κ2) is 42.2. The van der Waals surface area contributed by atoms with Gasteiger partial charge in [-0.25, -0.2) is 0 Å². The zero-order valence-electron chi connectivity index (χ0n) is 50.6. The standard InChI is InChI=1S/C52H100N16O12.H2O4S/c1-28(2)11-9-10-12-42(71)60-34(14-20-54)45(73)67-41(31(7)69)27-59-33(13-19-53)44(72)64-38-18-24-58-52(80)43(32(8)70)68-49(77)37(17-23-57)62-46(74)35(15-21-55)63-50(78)39(25-29(3)4)66-51(79)40(26-30(5)6)65-47(75)36(16-22-56)61-48(38)76;1-5(2,3)4/h28-41,43,59,69-70H,9-27,53-57H2,1-8H3,(H,58,80)(H,60,71)(H,61,76)(H,62,74)(H,63,78)(H,64,72)(H,65,75)(H,66,79)(H,67,73)(H,68,77);(H2,1,2,3,4)/t31-,32-,33+,34+,35+,36+,37+,38+,39+,40-,41+,43+;/m1./s1. The predicted octanol–water partition coefficient (Wildman–Crippen LogP) is -6.01. The van der Waals surface area contributed by atoms with Crippen molar-refractivity contribution in [1.82, 2.24) is 58.5 Å². The van der Waals surface area contributed by atoms with Gasteiger partial charge in [-0.05, 0) is 122 Å². The Balaban J connectivity index is 0.0000135. The van der Waals surface area contributed by atoms with Crippen LogP contribution < -0.4 is 87.2 Å². The molecule has 0 spiro atoms. The van der Waals surface area contributed by atoms with Crippen molar-refractivity contribution in [3.63, 3.8) is 0 Å². The molecule has 10 amide bonds. The number of hydrogen-bond acceptors (Lipinski definition) is 20. The van der Waals surface area contributed by atoms with Crippen LogP contribution in [0.1, 0.15) is 132 Å². The first-order valence-corrected chi connectivity index (χ1v) is 30.4. The fourth-order valence-corrected chi connectivity index (χ4v) is 8.65. The van der Waals surface area contributed by atoms with E-state index in [-0.39, 0.29) is 121 Å². The van der Waals surface area contributed by atoms with Gasteiger partial charge in [0.15, 0.2) is 0 Å². The maximum atomic E-state index is 14.4. The van der Waals surface area contributed by atoms with Crippen LogP contribution in [0.2, 0.25) is 0 Å². The molecule has 1 rings (SSSR count). The van der Waals surface area contributed by atoms with Gasteiger partial charge in [0.1, 0.15) is 48.3 Å². The molecule has 0 aliphatic carbocycles. The number of nitrogens with one attached hydrogen (secondary N) is 11. The van der Waals surface area contributed by atoms with Crippen molar-refractivity contribution < 1.29 is 75.7 Å². The summed E-state index contributed by atoms with van der Waals surface area (Å²) in [5.74, 6) is -7.61. The van der Waals surface area contributed by atoms with E-state index in [9.17, 15) is 58.2 Å². The van der Waals surface area contributed by atoms with Crippen LogP contribution in [-0.4, -0.2) is 205 Å². The quantitative estimate of drug-likeness (QED) is 0.0245. The van der Waals surface area contributed by atoms with E-state index in [4.69, 9.17) is 46.2 Å². The van der Waals surface area contributed by atoms with Crippen molar-refractivity contribution in [2.45, 2.75) is 205 Å². The molecule has 0 unspecified atom stereocenters. The lowest BCUT2D eigenvalue weighted by Gasteiger charge is -2.29. The van der Waals surface area contributed by atoms with Gasteiger partial charge in [-0.3, -0.25) is 57.1 Å². The van der Waals surface area contributed by atoms with Gasteiger partial charge < -0.3 is 97.4 Å². The van der Waals surface area contributed by atoms with Gasteiger partial charge in [-0.1, -0.05) is 54.4 Å². The fourth-order valence-electron chi connectivity index (χ4n) is 8.65. The van der Waals surface area contributed by atoms with Crippen LogP contribution in [-0.2, 0) is 58.3 Å². The summed E-state index contributed by atoms with van der Waals surface area (Å²) < 4.78 is 31.6. The number of carbonyl (C=O) groups excluding carboxylic acids is 10. The Labute approximate surface area is 499 Å². The molecule has 492 valence electrons. The molecular formula is C52H102N16O16S. The highest BCUT2D eigenvalue weighted by Gasteiger charge is 2.36. The third-order valence-electron chi connectivity index (χ3n) is 13.2. The molecule has 0 bridgehead atoms. The highest BCUT2D eigenvalue weighted by molar-refractivity contribution is 7.79. The summed E-state index contributed by atoms with van der Waals surface area (Å²) in [6.07, 6.45) is -0.616. The number of rotatable bonds is 29. The molecule has 1 heterocycles. The molecular weight excluding hydrogens is 1140 g/mol. The summed E-state index contributed by atoms with van der Waals surface area (Å²) >= 11 is 0. The maximum absolute atomic E-state index is 14.4. The molecule has 85 heavy (non-hydrogen) atoms. The summed E-state index contributed by atoms with van der Waals surface area (Å²) in [5, 5.41) is 50.8. The Morgan fingerprint density at radius 2 is 0.965 bits per heavy atom. The van der Waals surface area contributed by atoms with E-state index in [1.807, 2.05) is 0 Å². The van der Waals surface area contributed by atoms with Crippen molar-refractivity contribution in [2.24, 2.45) is 46.4 Å². The SMILES string of the molecule is CC(C)CCCCC(=O)N[C@@H](CCN)C(=O)N[C@@H](CN[C@@H](CCN)C(=O)N[C@H]1CCNC(=O)[C@H]([C@@H](C)O)NC(=O)[C@H](CCN)NC(=O)[C@H](CCN)NC(=O)[C@H](CC(C)C)NC(=O)[C@@H](CC(C)C)NC(=O)[C@H](CCN)NC1=O)[C@@H](C)O.O=S(=O)(O)O. The molecule has 0 radical (unpaired) electrons. The molecule has 0 aromatic rings. The summed E-state index contributed by atoms with van der Waals surface area (Å²) in [6, 6.07) is -13.0. The molecule has 0 saturated carbocycles. The number of aliphatic hydroxyl groups is 2. The Morgan fingerprint density at radius 3 is 1.38 bits per heavy atom. The first-order chi connectivity index (χ1) is 39.7. The highest BCUT2D eigenvalue weighted by Crippen LogP contribution is 2.13. The lowest BCUT2D eigenvalue weighted by atomic mass is 9.99. The number of nitrogens with two attached hydrogens (primary N) is 5. The molecule has 0 aromatic carbocycles. The monoisotopic (exact) mass is 1240 g/mol. The summed E-state index contributed by atoms with van der Waals surface area (Å²) in [6.45, 7) is 13.1. The number of hydrogen-bond donors (Lipinski definition) is 20. The minimum Gasteiger partial charge on any atom is -0.391 e. The topological polar surface area (TPSA) is 548 Å². The van der Waals surface area contributed by atoms with Crippen molar-refractivity contribution in [1.29, 1.82) is 0 Å². The number of unbranched alkanes of at least 4 members (excludes halogenated alkanes) is 1. The van der Waals surface area contributed by atoms with Gasteiger partial charge in [0.25, 0.3) is 0 Å². The zero-order valence-corrected chi connectivity index (χ0v) is 51.4. The highest BCUT2D eigenvalue weighted by atomic mass is 32.3. The molecule has 32 nitrogen and oxygen atoms in total. The first-order valence-electron chi connectivity index (χ1n) is 29.0. The van der Waals surface area contributed by atoms with Crippen LogP contribution in [0, 0.1) is 17.8 Å². The largest absolute Gasteiger partial charge is 0.394 e. The molecule has 12 atom stereocenters. The number of amides is 10. The van der Waals surface area contributed by atoms with E-state index in [0.717, 1.165) is 12.8 Å². The minimum atomic E-state index is -4.67. The van der Waals surface area contributed by atoms with Crippen molar-refractivity contribution in [2.75, 3.05) is 45.8 Å². The van der Waals surface area contributed by atoms with Gasteiger partial charge >= 0.3 is 10.4 Å². The van der Waals surface area contributed by atoms with E-state index >= 15 is 0 Å².